The van der Waals surface area contributed by atoms with Crippen LogP contribution in [0.4, 0.5) is 4.79 Å². The topological polar surface area (TPSA) is 84.5 Å². The van der Waals surface area contributed by atoms with E-state index in [9.17, 15) is 14.4 Å². The van der Waals surface area contributed by atoms with Crippen LogP contribution in [0.5, 0.6) is 0 Å². The van der Waals surface area contributed by atoms with Gasteiger partial charge in [-0.05, 0) is 38.3 Å². The maximum Gasteiger partial charge on any atom is 0.321 e. The molecule has 1 aliphatic rings. The first-order valence-corrected chi connectivity index (χ1v) is 9.38. The Bertz CT molecular complexity index is 642. The highest BCUT2D eigenvalue weighted by molar-refractivity contribution is 8.00. The summed E-state index contributed by atoms with van der Waals surface area (Å²) in [7, 11) is 0. The molecule has 2 rings (SSSR count). The first-order chi connectivity index (χ1) is 11.9. The number of aryl methyl sites for hydroxylation is 2. The van der Waals surface area contributed by atoms with Gasteiger partial charge in [0.1, 0.15) is 0 Å². The Morgan fingerprint density at radius 1 is 1.20 bits per heavy atom. The Balaban J connectivity index is 1.65. The molecule has 0 aromatic heterocycles. The van der Waals surface area contributed by atoms with E-state index in [1.54, 1.807) is 0 Å². The summed E-state index contributed by atoms with van der Waals surface area (Å²) in [4.78, 5) is 36.0. The highest BCUT2D eigenvalue weighted by Gasteiger charge is 2.18. The minimum Gasteiger partial charge on any atom is -0.455 e. The van der Waals surface area contributed by atoms with Gasteiger partial charge in [-0.1, -0.05) is 30.5 Å². The van der Waals surface area contributed by atoms with Gasteiger partial charge in [-0.25, -0.2) is 4.79 Å². The van der Waals surface area contributed by atoms with Crippen molar-refractivity contribution < 1.29 is 19.1 Å². The molecular weight excluding hydrogens is 340 g/mol. The van der Waals surface area contributed by atoms with Gasteiger partial charge in [0.15, 0.2) is 6.61 Å². The fraction of sp³-hybridized carbons (Fsp3) is 0.500. The lowest BCUT2D eigenvalue weighted by molar-refractivity contribution is -0.145. The van der Waals surface area contributed by atoms with Gasteiger partial charge in [0.2, 0.25) is 0 Å². The molecule has 0 saturated heterocycles. The molecule has 0 aliphatic heterocycles. The maximum atomic E-state index is 11.7. The van der Waals surface area contributed by atoms with Crippen LogP contribution in [0.3, 0.4) is 0 Å². The quantitative estimate of drug-likeness (QED) is 0.599. The standard InChI is InChI=1S/C18H24N2O4S/c1-12-7-8-15(13(2)9-12)25-11-17(22)24-10-16(21)20-18(23)19-14-5-3-4-6-14/h7-9,14H,3-6,10-11H2,1-2H3,(H2,19,20,21,23). The molecule has 1 saturated carbocycles. The molecule has 136 valence electrons. The Morgan fingerprint density at radius 2 is 1.92 bits per heavy atom. The molecule has 1 fully saturated rings. The van der Waals surface area contributed by atoms with Crippen LogP contribution in [-0.4, -0.2) is 36.3 Å². The number of hydrogen-bond acceptors (Lipinski definition) is 5. The number of hydrogen-bond donors (Lipinski definition) is 2. The fourth-order valence-corrected chi connectivity index (χ4v) is 3.55. The number of amides is 3. The first-order valence-electron chi connectivity index (χ1n) is 8.40. The molecule has 6 nitrogen and oxygen atoms in total. The summed E-state index contributed by atoms with van der Waals surface area (Å²) in [5.74, 6) is -0.998. The number of nitrogens with one attached hydrogen (secondary N) is 2. The number of imide groups is 1. The van der Waals surface area contributed by atoms with Gasteiger partial charge in [0, 0.05) is 10.9 Å². The van der Waals surface area contributed by atoms with Gasteiger partial charge in [0.25, 0.3) is 5.91 Å². The van der Waals surface area contributed by atoms with Crippen LogP contribution in [0.2, 0.25) is 0 Å². The minimum atomic E-state index is -0.625. The lowest BCUT2D eigenvalue weighted by Gasteiger charge is -2.12. The van der Waals surface area contributed by atoms with Gasteiger partial charge < -0.3 is 10.1 Å². The van der Waals surface area contributed by atoms with E-state index in [-0.39, 0.29) is 11.8 Å². The lowest BCUT2D eigenvalue weighted by atomic mass is 10.2. The van der Waals surface area contributed by atoms with Gasteiger partial charge >= 0.3 is 12.0 Å². The van der Waals surface area contributed by atoms with E-state index in [1.165, 1.54) is 11.8 Å². The third kappa shape index (κ3) is 6.78. The Morgan fingerprint density at radius 3 is 2.60 bits per heavy atom. The van der Waals surface area contributed by atoms with Crippen molar-refractivity contribution in [2.45, 2.75) is 50.5 Å². The molecule has 1 aromatic carbocycles. The van der Waals surface area contributed by atoms with E-state index in [0.717, 1.165) is 41.7 Å². The van der Waals surface area contributed by atoms with E-state index in [2.05, 4.69) is 10.6 Å². The van der Waals surface area contributed by atoms with Crippen molar-refractivity contribution in [2.24, 2.45) is 0 Å². The zero-order valence-electron chi connectivity index (χ0n) is 14.6. The Hall–Kier alpha value is -2.02. The molecule has 25 heavy (non-hydrogen) atoms. The third-order valence-corrected chi connectivity index (χ3v) is 5.13. The van der Waals surface area contributed by atoms with Crippen molar-refractivity contribution >= 4 is 29.7 Å². The zero-order valence-corrected chi connectivity index (χ0v) is 15.4. The number of urea groups is 1. The molecular formula is C18H24N2O4S. The molecule has 1 aliphatic carbocycles. The molecule has 0 radical (unpaired) electrons. The van der Waals surface area contributed by atoms with Crippen LogP contribution >= 0.6 is 11.8 Å². The van der Waals surface area contributed by atoms with Gasteiger partial charge in [-0.3, -0.25) is 14.9 Å². The summed E-state index contributed by atoms with van der Waals surface area (Å²) in [6, 6.07) is 5.59. The van der Waals surface area contributed by atoms with Crippen LogP contribution < -0.4 is 10.6 Å². The normalized spacial score (nSPS) is 14.2. The number of carbonyl (C=O) groups excluding carboxylic acids is 3. The highest BCUT2D eigenvalue weighted by Crippen LogP contribution is 2.23. The molecule has 2 N–H and O–H groups in total. The molecule has 3 amide bonds. The smallest absolute Gasteiger partial charge is 0.321 e. The summed E-state index contributed by atoms with van der Waals surface area (Å²) in [6.45, 7) is 3.54. The summed E-state index contributed by atoms with van der Waals surface area (Å²) in [6.07, 6.45) is 4.06. The van der Waals surface area contributed by atoms with E-state index < -0.39 is 24.5 Å². The third-order valence-electron chi connectivity index (χ3n) is 3.98. The minimum absolute atomic E-state index is 0.117. The van der Waals surface area contributed by atoms with Crippen LogP contribution in [0.25, 0.3) is 0 Å². The van der Waals surface area contributed by atoms with E-state index in [4.69, 9.17) is 4.74 Å². The number of thioether (sulfide) groups is 1. The van der Waals surface area contributed by atoms with E-state index in [0.29, 0.717) is 0 Å². The van der Waals surface area contributed by atoms with Crippen molar-refractivity contribution in [3.05, 3.63) is 29.3 Å². The fourth-order valence-electron chi connectivity index (χ4n) is 2.74. The second-order valence-electron chi connectivity index (χ2n) is 6.22. The molecule has 0 atom stereocenters. The van der Waals surface area contributed by atoms with Crippen LogP contribution in [-0.2, 0) is 14.3 Å². The molecule has 0 unspecified atom stereocenters. The van der Waals surface area contributed by atoms with Crippen molar-refractivity contribution in [3.63, 3.8) is 0 Å². The summed E-state index contributed by atoms with van der Waals surface area (Å²) in [5.41, 5.74) is 2.26. The van der Waals surface area contributed by atoms with E-state index in [1.807, 2.05) is 32.0 Å². The SMILES string of the molecule is Cc1ccc(SCC(=O)OCC(=O)NC(=O)NC2CCCC2)c(C)c1. The van der Waals surface area contributed by atoms with Crippen LogP contribution in [0.1, 0.15) is 36.8 Å². The number of carbonyl (C=O) groups is 3. The summed E-state index contributed by atoms with van der Waals surface area (Å²) >= 11 is 1.37. The molecule has 0 bridgehead atoms. The second-order valence-corrected chi connectivity index (χ2v) is 7.24. The zero-order chi connectivity index (χ0) is 18.2. The number of ether oxygens (including phenoxy) is 1. The lowest BCUT2D eigenvalue weighted by Crippen LogP contribution is -2.45. The van der Waals surface area contributed by atoms with Gasteiger partial charge in [0.05, 0.1) is 5.75 Å². The highest BCUT2D eigenvalue weighted by atomic mass is 32.2. The predicted molar refractivity (Wildman–Crippen MR) is 96.5 cm³/mol. The summed E-state index contributed by atoms with van der Waals surface area (Å²) < 4.78 is 4.91. The van der Waals surface area contributed by atoms with Crippen LogP contribution in [0, 0.1) is 13.8 Å². The number of benzene rings is 1. The average molecular weight is 364 g/mol. The largest absolute Gasteiger partial charge is 0.455 e. The van der Waals surface area contributed by atoms with Crippen molar-refractivity contribution in [1.29, 1.82) is 0 Å². The van der Waals surface area contributed by atoms with Crippen molar-refractivity contribution in [1.82, 2.24) is 10.6 Å². The van der Waals surface area contributed by atoms with E-state index >= 15 is 0 Å². The second kappa shape index (κ2) is 9.46. The van der Waals surface area contributed by atoms with Gasteiger partial charge in [-0.15, -0.1) is 11.8 Å². The molecule has 0 spiro atoms. The Labute approximate surface area is 152 Å². The summed E-state index contributed by atoms with van der Waals surface area (Å²) in [5, 5.41) is 4.92. The van der Waals surface area contributed by atoms with Crippen molar-refractivity contribution in [3.8, 4) is 0 Å². The molecule has 1 aromatic rings. The molecule has 0 heterocycles. The predicted octanol–water partition coefficient (Wildman–Crippen LogP) is 2.71. The average Bonchev–Trinajstić information content (AvgIpc) is 3.04. The van der Waals surface area contributed by atoms with Crippen LogP contribution in [0.15, 0.2) is 23.1 Å². The van der Waals surface area contributed by atoms with Gasteiger partial charge in [-0.2, -0.15) is 0 Å². The number of rotatable bonds is 6. The molecule has 7 heteroatoms. The van der Waals surface area contributed by atoms with Crippen molar-refractivity contribution in [2.75, 3.05) is 12.4 Å². The first kappa shape index (κ1) is 19.3. The maximum absolute atomic E-state index is 11.7. The monoisotopic (exact) mass is 364 g/mol. The number of esters is 1. The Kier molecular flexibility index (Phi) is 7.31.